The SMILES string of the molecule is CCNC(=O)C(CC)N(Cc1ccc(Cl)cc1)C(=O)Cc1ccccc1Cl. The first-order chi connectivity index (χ1) is 13.0. The summed E-state index contributed by atoms with van der Waals surface area (Å²) in [6.07, 6.45) is 0.664. The minimum atomic E-state index is -0.546. The van der Waals surface area contributed by atoms with Crippen molar-refractivity contribution in [3.63, 3.8) is 0 Å². The topological polar surface area (TPSA) is 49.4 Å². The third-order valence-electron chi connectivity index (χ3n) is 4.30. The van der Waals surface area contributed by atoms with Gasteiger partial charge in [0.2, 0.25) is 11.8 Å². The number of hydrogen-bond acceptors (Lipinski definition) is 2. The van der Waals surface area contributed by atoms with E-state index in [2.05, 4.69) is 5.32 Å². The molecule has 0 radical (unpaired) electrons. The molecule has 0 aliphatic carbocycles. The van der Waals surface area contributed by atoms with Crippen molar-refractivity contribution in [2.24, 2.45) is 0 Å². The number of amides is 2. The van der Waals surface area contributed by atoms with Gasteiger partial charge in [-0.05, 0) is 42.7 Å². The van der Waals surface area contributed by atoms with E-state index in [9.17, 15) is 9.59 Å². The zero-order chi connectivity index (χ0) is 19.8. The van der Waals surface area contributed by atoms with Crippen LogP contribution in [-0.2, 0) is 22.6 Å². The van der Waals surface area contributed by atoms with E-state index < -0.39 is 6.04 Å². The number of carbonyl (C=O) groups excluding carboxylic acids is 2. The van der Waals surface area contributed by atoms with Crippen LogP contribution < -0.4 is 5.32 Å². The highest BCUT2D eigenvalue weighted by atomic mass is 35.5. The molecule has 1 unspecified atom stereocenters. The quantitative estimate of drug-likeness (QED) is 0.702. The van der Waals surface area contributed by atoms with Gasteiger partial charge >= 0.3 is 0 Å². The average Bonchev–Trinajstić information content (AvgIpc) is 2.65. The summed E-state index contributed by atoms with van der Waals surface area (Å²) in [4.78, 5) is 27.3. The number of halogens is 2. The second-order valence-electron chi connectivity index (χ2n) is 6.23. The van der Waals surface area contributed by atoms with Crippen LogP contribution in [0.1, 0.15) is 31.4 Å². The maximum atomic E-state index is 13.1. The van der Waals surface area contributed by atoms with E-state index >= 15 is 0 Å². The summed E-state index contributed by atoms with van der Waals surface area (Å²) in [7, 11) is 0. The van der Waals surface area contributed by atoms with Crippen molar-refractivity contribution >= 4 is 35.0 Å². The van der Waals surface area contributed by atoms with Gasteiger partial charge in [-0.3, -0.25) is 9.59 Å². The van der Waals surface area contributed by atoms with Crippen LogP contribution in [0.5, 0.6) is 0 Å². The molecular weight excluding hydrogens is 383 g/mol. The monoisotopic (exact) mass is 406 g/mol. The molecule has 6 heteroatoms. The van der Waals surface area contributed by atoms with Crippen molar-refractivity contribution in [1.29, 1.82) is 0 Å². The fourth-order valence-corrected chi connectivity index (χ4v) is 3.23. The van der Waals surface area contributed by atoms with Gasteiger partial charge in [0.25, 0.3) is 0 Å². The Morgan fingerprint density at radius 3 is 2.30 bits per heavy atom. The van der Waals surface area contributed by atoms with Crippen molar-refractivity contribution in [3.8, 4) is 0 Å². The van der Waals surface area contributed by atoms with Gasteiger partial charge in [0.05, 0.1) is 6.42 Å². The second kappa shape index (κ2) is 10.3. The normalized spacial score (nSPS) is 11.7. The van der Waals surface area contributed by atoms with E-state index in [4.69, 9.17) is 23.2 Å². The summed E-state index contributed by atoms with van der Waals surface area (Å²) in [5.74, 6) is -0.294. The fraction of sp³-hybridized carbons (Fsp3) is 0.333. The van der Waals surface area contributed by atoms with Gasteiger partial charge in [-0.2, -0.15) is 0 Å². The number of rotatable bonds is 8. The number of hydrogen-bond donors (Lipinski definition) is 1. The summed E-state index contributed by atoms with van der Waals surface area (Å²) in [6, 6.07) is 14.0. The molecule has 2 rings (SSSR count). The van der Waals surface area contributed by atoms with E-state index in [1.807, 2.05) is 44.2 Å². The standard InChI is InChI=1S/C21H24Cl2N2O2/c1-3-19(21(27)24-4-2)25(14-15-9-11-17(22)12-10-15)20(26)13-16-7-5-6-8-18(16)23/h5-12,19H,3-4,13-14H2,1-2H3,(H,24,27). The van der Waals surface area contributed by atoms with E-state index in [1.165, 1.54) is 0 Å². The summed E-state index contributed by atoms with van der Waals surface area (Å²) in [6.45, 7) is 4.61. The van der Waals surface area contributed by atoms with Crippen LogP contribution in [0.25, 0.3) is 0 Å². The van der Waals surface area contributed by atoms with Crippen molar-refractivity contribution in [2.75, 3.05) is 6.54 Å². The Kier molecular flexibility index (Phi) is 8.14. The molecule has 0 aliphatic rings. The minimum absolute atomic E-state index is 0.142. The Morgan fingerprint density at radius 1 is 1.04 bits per heavy atom. The van der Waals surface area contributed by atoms with Gasteiger partial charge < -0.3 is 10.2 Å². The van der Waals surface area contributed by atoms with Crippen LogP contribution in [-0.4, -0.2) is 29.3 Å². The van der Waals surface area contributed by atoms with Gasteiger partial charge in [0, 0.05) is 23.1 Å². The van der Waals surface area contributed by atoms with Crippen LogP contribution >= 0.6 is 23.2 Å². The van der Waals surface area contributed by atoms with Crippen molar-refractivity contribution in [1.82, 2.24) is 10.2 Å². The molecule has 0 bridgehead atoms. The van der Waals surface area contributed by atoms with Crippen LogP contribution in [0.4, 0.5) is 0 Å². The first-order valence-corrected chi connectivity index (χ1v) is 9.76. The zero-order valence-electron chi connectivity index (χ0n) is 15.5. The smallest absolute Gasteiger partial charge is 0.242 e. The fourth-order valence-electron chi connectivity index (χ4n) is 2.90. The Balaban J connectivity index is 2.29. The van der Waals surface area contributed by atoms with Gasteiger partial charge in [-0.25, -0.2) is 0 Å². The number of nitrogens with one attached hydrogen (secondary N) is 1. The van der Waals surface area contributed by atoms with Gasteiger partial charge in [-0.15, -0.1) is 0 Å². The molecular formula is C21H24Cl2N2O2. The lowest BCUT2D eigenvalue weighted by Crippen LogP contribution is -2.49. The molecule has 0 saturated heterocycles. The molecule has 2 aromatic carbocycles. The number of likely N-dealkylation sites (N-methyl/N-ethyl adjacent to an activating group) is 1. The minimum Gasteiger partial charge on any atom is -0.355 e. The molecule has 2 amide bonds. The molecule has 0 fully saturated rings. The Morgan fingerprint density at radius 2 is 1.70 bits per heavy atom. The van der Waals surface area contributed by atoms with E-state index in [0.29, 0.717) is 29.6 Å². The number of benzene rings is 2. The molecule has 4 nitrogen and oxygen atoms in total. The highest BCUT2D eigenvalue weighted by Crippen LogP contribution is 2.20. The van der Waals surface area contributed by atoms with E-state index in [1.54, 1.807) is 23.1 Å². The van der Waals surface area contributed by atoms with Gasteiger partial charge in [0.15, 0.2) is 0 Å². The van der Waals surface area contributed by atoms with Crippen molar-refractivity contribution in [3.05, 3.63) is 69.7 Å². The maximum Gasteiger partial charge on any atom is 0.242 e. The van der Waals surface area contributed by atoms with Crippen LogP contribution in [0, 0.1) is 0 Å². The summed E-state index contributed by atoms with van der Waals surface area (Å²) < 4.78 is 0. The molecule has 0 aliphatic heterocycles. The Labute approximate surface area is 170 Å². The summed E-state index contributed by atoms with van der Waals surface area (Å²) >= 11 is 12.2. The van der Waals surface area contributed by atoms with Gasteiger partial charge in [0.1, 0.15) is 6.04 Å². The molecule has 0 spiro atoms. The van der Waals surface area contributed by atoms with Crippen LogP contribution in [0.15, 0.2) is 48.5 Å². The maximum absolute atomic E-state index is 13.1. The first-order valence-electron chi connectivity index (χ1n) is 9.01. The predicted octanol–water partition coefficient (Wildman–Crippen LogP) is 4.48. The third kappa shape index (κ3) is 5.98. The molecule has 0 saturated carbocycles. The lowest BCUT2D eigenvalue weighted by molar-refractivity contribution is -0.140. The molecule has 144 valence electrons. The molecule has 1 atom stereocenters. The summed E-state index contributed by atoms with van der Waals surface area (Å²) in [5, 5.41) is 4.00. The zero-order valence-corrected chi connectivity index (χ0v) is 17.1. The molecule has 0 heterocycles. The van der Waals surface area contributed by atoms with Crippen molar-refractivity contribution in [2.45, 2.75) is 39.3 Å². The lowest BCUT2D eigenvalue weighted by atomic mass is 10.1. The third-order valence-corrected chi connectivity index (χ3v) is 4.92. The molecule has 1 N–H and O–H groups in total. The molecule has 0 aromatic heterocycles. The van der Waals surface area contributed by atoms with Gasteiger partial charge in [-0.1, -0.05) is 60.5 Å². The highest BCUT2D eigenvalue weighted by molar-refractivity contribution is 6.31. The largest absolute Gasteiger partial charge is 0.355 e. The number of carbonyl (C=O) groups is 2. The van der Waals surface area contributed by atoms with Crippen molar-refractivity contribution < 1.29 is 9.59 Å². The molecule has 27 heavy (non-hydrogen) atoms. The van der Waals surface area contributed by atoms with Crippen LogP contribution in [0.2, 0.25) is 10.0 Å². The predicted molar refractivity (Wildman–Crippen MR) is 110 cm³/mol. The van der Waals surface area contributed by atoms with Crippen LogP contribution in [0.3, 0.4) is 0 Å². The Hall–Kier alpha value is -2.04. The van der Waals surface area contributed by atoms with E-state index in [0.717, 1.165) is 11.1 Å². The first kappa shape index (κ1) is 21.3. The Bertz CT molecular complexity index is 778. The average molecular weight is 407 g/mol. The molecule has 2 aromatic rings. The van der Waals surface area contributed by atoms with E-state index in [-0.39, 0.29) is 18.2 Å². The second-order valence-corrected chi connectivity index (χ2v) is 7.08. The highest BCUT2D eigenvalue weighted by Gasteiger charge is 2.28. The number of nitrogens with zero attached hydrogens (tertiary/aromatic N) is 1. The summed E-state index contributed by atoms with van der Waals surface area (Å²) in [5.41, 5.74) is 1.66. The lowest BCUT2D eigenvalue weighted by Gasteiger charge is -2.30.